The van der Waals surface area contributed by atoms with E-state index in [2.05, 4.69) is 17.0 Å². The van der Waals surface area contributed by atoms with Gasteiger partial charge in [0.2, 0.25) is 0 Å². The van der Waals surface area contributed by atoms with Crippen molar-refractivity contribution in [3.05, 3.63) is 24.2 Å². The number of halogens is 1. The van der Waals surface area contributed by atoms with E-state index in [4.69, 9.17) is 10.7 Å². The number of hydrogen-bond acceptors (Lipinski definition) is 4. The third-order valence-electron chi connectivity index (χ3n) is 2.18. The lowest BCUT2D eigenvalue weighted by Gasteiger charge is -1.99. The molecule has 0 unspecified atom stereocenters. The summed E-state index contributed by atoms with van der Waals surface area (Å²) in [6, 6.07) is 0. The Morgan fingerprint density at radius 3 is 2.81 bits per heavy atom. The molecule has 0 bridgehead atoms. The van der Waals surface area contributed by atoms with Crippen LogP contribution in [-0.2, 0) is 15.5 Å². The van der Waals surface area contributed by atoms with Crippen molar-refractivity contribution in [2.75, 3.05) is 0 Å². The van der Waals surface area contributed by atoms with Crippen molar-refractivity contribution in [3.8, 4) is 0 Å². The van der Waals surface area contributed by atoms with Gasteiger partial charge in [0.25, 0.3) is 9.05 Å². The third kappa shape index (κ3) is 2.03. The Hall–Kier alpha value is -1.14. The van der Waals surface area contributed by atoms with Crippen LogP contribution in [-0.4, -0.2) is 23.0 Å². The van der Waals surface area contributed by atoms with Crippen LogP contribution in [0.25, 0.3) is 5.65 Å². The molecule has 0 aliphatic rings. The standard InChI is InChI=1S/C9H10ClN3O2S/c1-2-3-7-4-11-9-8(16(10,14)15)5-12-13(9)6-7/h4-6H,2-3H2,1H3. The van der Waals surface area contributed by atoms with Gasteiger partial charge in [-0.25, -0.2) is 17.9 Å². The fourth-order valence-corrected chi connectivity index (χ4v) is 2.35. The third-order valence-corrected chi connectivity index (χ3v) is 3.49. The minimum absolute atomic E-state index is 0.0581. The Balaban J connectivity index is 2.59. The van der Waals surface area contributed by atoms with E-state index in [1.54, 1.807) is 12.4 Å². The van der Waals surface area contributed by atoms with Crippen LogP contribution in [0.2, 0.25) is 0 Å². The highest BCUT2D eigenvalue weighted by Gasteiger charge is 2.17. The summed E-state index contributed by atoms with van der Waals surface area (Å²) < 4.78 is 23.8. The van der Waals surface area contributed by atoms with Crippen molar-refractivity contribution >= 4 is 25.4 Å². The number of aromatic nitrogens is 3. The normalized spacial score (nSPS) is 12.1. The number of hydrogen-bond donors (Lipinski definition) is 0. The van der Waals surface area contributed by atoms with Crippen molar-refractivity contribution in [3.63, 3.8) is 0 Å². The molecule has 0 N–H and O–H groups in total. The fourth-order valence-electron chi connectivity index (χ4n) is 1.48. The van der Waals surface area contributed by atoms with Crippen LogP contribution in [0.4, 0.5) is 0 Å². The number of nitrogens with zero attached hydrogens (tertiary/aromatic N) is 3. The summed E-state index contributed by atoms with van der Waals surface area (Å²) in [7, 11) is 1.47. The maximum atomic E-state index is 11.2. The van der Waals surface area contributed by atoms with E-state index in [1.165, 1.54) is 10.7 Å². The van der Waals surface area contributed by atoms with E-state index in [1.807, 2.05) is 0 Å². The van der Waals surface area contributed by atoms with Gasteiger partial charge >= 0.3 is 0 Å². The first-order valence-electron chi connectivity index (χ1n) is 4.79. The first kappa shape index (κ1) is 11.3. The molecule has 0 saturated heterocycles. The minimum Gasteiger partial charge on any atom is -0.236 e. The topological polar surface area (TPSA) is 64.3 Å². The fraction of sp³-hybridized carbons (Fsp3) is 0.333. The second-order valence-corrected chi connectivity index (χ2v) is 5.96. The first-order valence-corrected chi connectivity index (χ1v) is 7.10. The van der Waals surface area contributed by atoms with Gasteiger partial charge in [0.1, 0.15) is 4.90 Å². The average molecular weight is 260 g/mol. The second kappa shape index (κ2) is 4.03. The van der Waals surface area contributed by atoms with Gasteiger partial charge in [-0.1, -0.05) is 13.3 Å². The van der Waals surface area contributed by atoms with Crippen LogP contribution >= 0.6 is 10.7 Å². The number of rotatable bonds is 3. The summed E-state index contributed by atoms with van der Waals surface area (Å²) in [5.41, 5.74) is 1.27. The number of aryl methyl sites for hydroxylation is 1. The van der Waals surface area contributed by atoms with Gasteiger partial charge in [-0.15, -0.1) is 0 Å². The van der Waals surface area contributed by atoms with Gasteiger partial charge in [0.15, 0.2) is 5.65 Å². The monoisotopic (exact) mass is 259 g/mol. The van der Waals surface area contributed by atoms with Crippen molar-refractivity contribution in [1.82, 2.24) is 14.6 Å². The molecule has 0 spiro atoms. The van der Waals surface area contributed by atoms with Crippen LogP contribution in [0.3, 0.4) is 0 Å². The van der Waals surface area contributed by atoms with Gasteiger partial charge in [0, 0.05) is 23.1 Å². The molecule has 7 heteroatoms. The van der Waals surface area contributed by atoms with Gasteiger partial charge < -0.3 is 0 Å². The molecule has 86 valence electrons. The highest BCUT2D eigenvalue weighted by Crippen LogP contribution is 2.19. The Labute approximate surface area is 97.5 Å². The molecule has 2 heterocycles. The molecule has 0 aliphatic carbocycles. The van der Waals surface area contributed by atoms with Crippen LogP contribution in [0.15, 0.2) is 23.5 Å². The molecule has 0 aromatic carbocycles. The van der Waals surface area contributed by atoms with Gasteiger partial charge in [0.05, 0.1) is 6.20 Å². The molecular formula is C9H10ClN3O2S. The Bertz CT molecular complexity index is 621. The molecule has 0 radical (unpaired) electrons. The molecule has 0 aliphatic heterocycles. The van der Waals surface area contributed by atoms with E-state index in [-0.39, 0.29) is 10.5 Å². The number of fused-ring (bicyclic) bond motifs is 1. The molecular weight excluding hydrogens is 250 g/mol. The maximum Gasteiger partial charge on any atom is 0.266 e. The zero-order valence-electron chi connectivity index (χ0n) is 8.59. The Kier molecular flexibility index (Phi) is 2.86. The summed E-state index contributed by atoms with van der Waals surface area (Å²) in [6.45, 7) is 2.06. The van der Waals surface area contributed by atoms with Gasteiger partial charge in [-0.2, -0.15) is 5.10 Å². The Morgan fingerprint density at radius 1 is 1.44 bits per heavy atom. The zero-order chi connectivity index (χ0) is 11.8. The molecule has 0 atom stereocenters. The first-order chi connectivity index (χ1) is 7.52. The summed E-state index contributed by atoms with van der Waals surface area (Å²) >= 11 is 0. The summed E-state index contributed by atoms with van der Waals surface area (Å²) in [4.78, 5) is 4.00. The van der Waals surface area contributed by atoms with E-state index in [0.717, 1.165) is 18.4 Å². The molecule has 0 fully saturated rings. The van der Waals surface area contributed by atoms with Crippen LogP contribution in [0, 0.1) is 0 Å². The quantitative estimate of drug-likeness (QED) is 0.786. The predicted octanol–water partition coefficient (Wildman–Crippen LogP) is 1.61. The maximum absolute atomic E-state index is 11.2. The average Bonchev–Trinajstić information content (AvgIpc) is 2.60. The van der Waals surface area contributed by atoms with Crippen LogP contribution < -0.4 is 0 Å². The lowest BCUT2D eigenvalue weighted by atomic mass is 10.2. The summed E-state index contributed by atoms with van der Waals surface area (Å²) in [6.07, 6.45) is 6.49. The summed E-state index contributed by atoms with van der Waals surface area (Å²) in [5.74, 6) is 0. The molecule has 2 rings (SSSR count). The van der Waals surface area contributed by atoms with Gasteiger partial charge in [-0.3, -0.25) is 0 Å². The van der Waals surface area contributed by atoms with Crippen molar-refractivity contribution in [1.29, 1.82) is 0 Å². The van der Waals surface area contributed by atoms with E-state index in [9.17, 15) is 8.42 Å². The van der Waals surface area contributed by atoms with Crippen LogP contribution in [0.1, 0.15) is 18.9 Å². The smallest absolute Gasteiger partial charge is 0.236 e. The van der Waals surface area contributed by atoms with E-state index >= 15 is 0 Å². The predicted molar refractivity (Wildman–Crippen MR) is 60.0 cm³/mol. The SMILES string of the molecule is CCCc1cnc2c(S(=O)(=O)Cl)cnn2c1. The molecule has 5 nitrogen and oxygen atoms in total. The van der Waals surface area contributed by atoms with E-state index < -0.39 is 9.05 Å². The largest absolute Gasteiger partial charge is 0.266 e. The highest BCUT2D eigenvalue weighted by atomic mass is 35.7. The molecule has 16 heavy (non-hydrogen) atoms. The lowest BCUT2D eigenvalue weighted by molar-refractivity contribution is 0.610. The minimum atomic E-state index is -3.78. The van der Waals surface area contributed by atoms with Crippen LogP contribution in [0.5, 0.6) is 0 Å². The van der Waals surface area contributed by atoms with Gasteiger partial charge in [-0.05, 0) is 12.0 Å². The Morgan fingerprint density at radius 2 is 2.19 bits per heavy atom. The molecule has 0 amide bonds. The zero-order valence-corrected chi connectivity index (χ0v) is 10.2. The second-order valence-electron chi connectivity index (χ2n) is 3.43. The molecule has 2 aromatic rings. The van der Waals surface area contributed by atoms with E-state index in [0.29, 0.717) is 0 Å². The van der Waals surface area contributed by atoms with Crippen molar-refractivity contribution in [2.45, 2.75) is 24.7 Å². The highest BCUT2D eigenvalue weighted by molar-refractivity contribution is 8.13. The molecule has 2 aromatic heterocycles. The van der Waals surface area contributed by atoms with Crippen molar-refractivity contribution < 1.29 is 8.42 Å². The summed E-state index contributed by atoms with van der Waals surface area (Å²) in [5, 5.41) is 3.92. The van der Waals surface area contributed by atoms with Crippen molar-refractivity contribution in [2.24, 2.45) is 0 Å². The lowest BCUT2D eigenvalue weighted by Crippen LogP contribution is -1.96. The molecule has 0 saturated carbocycles.